The molecule has 0 bridgehead atoms. The van der Waals surface area contributed by atoms with Gasteiger partial charge in [0.15, 0.2) is 9.84 Å². The summed E-state index contributed by atoms with van der Waals surface area (Å²) in [7, 11) is -3.02. The lowest BCUT2D eigenvalue weighted by Gasteiger charge is -2.12. The summed E-state index contributed by atoms with van der Waals surface area (Å²) in [4.78, 5) is 0. The molecule has 0 fully saturated rings. The van der Waals surface area contributed by atoms with Crippen molar-refractivity contribution in [3.63, 3.8) is 0 Å². The van der Waals surface area contributed by atoms with Crippen LogP contribution in [0.4, 0.5) is 0 Å². The molecular weight excluding hydrogens is 236 g/mol. The standard InChI is InChI=1S/C13H20O3S/c1-10(2)17(14,15)9-8-16-13-7-5-6-11(3)12(13)4/h5-7,10H,8-9H2,1-4H3. The zero-order valence-corrected chi connectivity index (χ0v) is 11.7. The van der Waals surface area contributed by atoms with E-state index in [0.717, 1.165) is 16.9 Å². The van der Waals surface area contributed by atoms with E-state index in [-0.39, 0.29) is 17.6 Å². The number of hydrogen-bond donors (Lipinski definition) is 0. The van der Waals surface area contributed by atoms with Crippen molar-refractivity contribution in [3.05, 3.63) is 29.3 Å². The molecule has 0 saturated heterocycles. The molecule has 0 aromatic heterocycles. The van der Waals surface area contributed by atoms with Gasteiger partial charge in [-0.3, -0.25) is 0 Å². The monoisotopic (exact) mass is 256 g/mol. The normalized spacial score (nSPS) is 11.8. The SMILES string of the molecule is Cc1cccc(OCCS(=O)(=O)C(C)C)c1C. The number of ether oxygens (including phenoxy) is 1. The Kier molecular flexibility index (Phi) is 4.57. The van der Waals surface area contributed by atoms with E-state index in [1.165, 1.54) is 0 Å². The van der Waals surface area contributed by atoms with Crippen LogP contribution >= 0.6 is 0 Å². The van der Waals surface area contributed by atoms with Gasteiger partial charge in [0.05, 0.1) is 11.0 Å². The molecule has 1 aromatic rings. The maximum Gasteiger partial charge on any atom is 0.155 e. The molecule has 4 heteroatoms. The highest BCUT2D eigenvalue weighted by Crippen LogP contribution is 2.20. The van der Waals surface area contributed by atoms with Crippen LogP contribution in [0.3, 0.4) is 0 Å². The van der Waals surface area contributed by atoms with Crippen LogP contribution in [-0.4, -0.2) is 26.0 Å². The van der Waals surface area contributed by atoms with Crippen LogP contribution in [0.5, 0.6) is 5.75 Å². The largest absolute Gasteiger partial charge is 0.492 e. The average molecular weight is 256 g/mol. The highest BCUT2D eigenvalue weighted by atomic mass is 32.2. The Labute approximate surface area is 104 Å². The smallest absolute Gasteiger partial charge is 0.155 e. The summed E-state index contributed by atoms with van der Waals surface area (Å²) in [6, 6.07) is 5.78. The van der Waals surface area contributed by atoms with Crippen LogP contribution in [0.1, 0.15) is 25.0 Å². The molecule has 0 unspecified atom stereocenters. The lowest BCUT2D eigenvalue weighted by Crippen LogP contribution is -2.22. The van der Waals surface area contributed by atoms with Gasteiger partial charge < -0.3 is 4.74 Å². The fourth-order valence-electron chi connectivity index (χ4n) is 1.38. The van der Waals surface area contributed by atoms with Crippen molar-refractivity contribution in [1.82, 2.24) is 0 Å². The van der Waals surface area contributed by atoms with E-state index < -0.39 is 9.84 Å². The predicted molar refractivity (Wildman–Crippen MR) is 70.3 cm³/mol. The van der Waals surface area contributed by atoms with Gasteiger partial charge in [-0.2, -0.15) is 0 Å². The maximum atomic E-state index is 11.6. The van der Waals surface area contributed by atoms with Gasteiger partial charge in [0.2, 0.25) is 0 Å². The highest BCUT2D eigenvalue weighted by molar-refractivity contribution is 7.91. The van der Waals surface area contributed by atoms with Crippen LogP contribution < -0.4 is 4.74 Å². The molecule has 0 amide bonds. The van der Waals surface area contributed by atoms with Crippen LogP contribution in [0.25, 0.3) is 0 Å². The van der Waals surface area contributed by atoms with E-state index in [1.807, 2.05) is 32.0 Å². The van der Waals surface area contributed by atoms with Crippen molar-refractivity contribution >= 4 is 9.84 Å². The Morgan fingerprint density at radius 3 is 2.47 bits per heavy atom. The third-order valence-electron chi connectivity index (χ3n) is 2.90. The average Bonchev–Trinajstić information content (AvgIpc) is 2.24. The second-order valence-corrected chi connectivity index (χ2v) is 7.14. The number of aryl methyl sites for hydroxylation is 1. The van der Waals surface area contributed by atoms with Gasteiger partial charge in [0.1, 0.15) is 12.4 Å². The summed E-state index contributed by atoms with van der Waals surface area (Å²) in [5.41, 5.74) is 2.21. The topological polar surface area (TPSA) is 43.4 Å². The molecule has 96 valence electrons. The molecule has 0 heterocycles. The molecule has 0 radical (unpaired) electrons. The van der Waals surface area contributed by atoms with Crippen molar-refractivity contribution in [3.8, 4) is 5.75 Å². The Hall–Kier alpha value is -1.03. The zero-order chi connectivity index (χ0) is 13.1. The van der Waals surface area contributed by atoms with Crippen LogP contribution in [0, 0.1) is 13.8 Å². The molecule has 1 rings (SSSR count). The van der Waals surface area contributed by atoms with E-state index in [4.69, 9.17) is 4.74 Å². The first-order valence-corrected chi connectivity index (χ1v) is 7.46. The molecule has 0 saturated carbocycles. The molecule has 17 heavy (non-hydrogen) atoms. The quantitative estimate of drug-likeness (QED) is 0.813. The van der Waals surface area contributed by atoms with Crippen LogP contribution in [-0.2, 0) is 9.84 Å². The summed E-state index contributed by atoms with van der Waals surface area (Å²) < 4.78 is 28.7. The van der Waals surface area contributed by atoms with E-state index in [1.54, 1.807) is 13.8 Å². The van der Waals surface area contributed by atoms with Gasteiger partial charge in [-0.15, -0.1) is 0 Å². The molecule has 0 N–H and O–H groups in total. The summed E-state index contributed by atoms with van der Waals surface area (Å²) in [5, 5.41) is -0.343. The lowest BCUT2D eigenvalue weighted by molar-refractivity contribution is 0.338. The van der Waals surface area contributed by atoms with Gasteiger partial charge in [-0.05, 0) is 44.9 Å². The maximum absolute atomic E-state index is 11.6. The molecule has 3 nitrogen and oxygen atoms in total. The number of benzene rings is 1. The van der Waals surface area contributed by atoms with E-state index in [2.05, 4.69) is 0 Å². The lowest BCUT2D eigenvalue weighted by atomic mass is 10.1. The molecule has 0 atom stereocenters. The minimum Gasteiger partial charge on any atom is -0.492 e. The van der Waals surface area contributed by atoms with E-state index in [9.17, 15) is 8.42 Å². The minimum atomic E-state index is -3.02. The van der Waals surface area contributed by atoms with Crippen molar-refractivity contribution in [2.75, 3.05) is 12.4 Å². The second kappa shape index (κ2) is 5.54. The molecule has 0 spiro atoms. The van der Waals surface area contributed by atoms with Gasteiger partial charge in [0.25, 0.3) is 0 Å². The first kappa shape index (κ1) is 14.0. The van der Waals surface area contributed by atoms with Crippen LogP contribution in [0.2, 0.25) is 0 Å². The van der Waals surface area contributed by atoms with Gasteiger partial charge in [-0.25, -0.2) is 8.42 Å². The second-order valence-electron chi connectivity index (χ2n) is 4.46. The van der Waals surface area contributed by atoms with Crippen molar-refractivity contribution in [2.45, 2.75) is 32.9 Å². The Bertz CT molecular complexity index is 475. The molecule has 1 aromatic carbocycles. The molecule has 0 aliphatic carbocycles. The van der Waals surface area contributed by atoms with E-state index >= 15 is 0 Å². The first-order chi connectivity index (χ1) is 7.84. The Morgan fingerprint density at radius 2 is 1.88 bits per heavy atom. The number of rotatable bonds is 5. The summed E-state index contributed by atoms with van der Waals surface area (Å²) in [5.74, 6) is 0.835. The Balaban J connectivity index is 2.61. The van der Waals surface area contributed by atoms with Gasteiger partial charge in [0, 0.05) is 0 Å². The van der Waals surface area contributed by atoms with Crippen molar-refractivity contribution in [1.29, 1.82) is 0 Å². The van der Waals surface area contributed by atoms with Gasteiger partial charge in [-0.1, -0.05) is 12.1 Å². The summed E-state index contributed by atoms with van der Waals surface area (Å²) >= 11 is 0. The minimum absolute atomic E-state index is 0.0675. The first-order valence-electron chi connectivity index (χ1n) is 5.75. The third kappa shape index (κ3) is 3.73. The number of hydrogen-bond acceptors (Lipinski definition) is 3. The Morgan fingerprint density at radius 1 is 1.24 bits per heavy atom. The highest BCUT2D eigenvalue weighted by Gasteiger charge is 2.16. The van der Waals surface area contributed by atoms with Crippen molar-refractivity contribution < 1.29 is 13.2 Å². The summed E-state index contributed by atoms with van der Waals surface area (Å²) in [6.45, 7) is 7.57. The van der Waals surface area contributed by atoms with E-state index in [0.29, 0.717) is 0 Å². The summed E-state index contributed by atoms with van der Waals surface area (Å²) in [6.07, 6.45) is 0. The fourth-order valence-corrected chi connectivity index (χ4v) is 2.17. The molecule has 0 aliphatic heterocycles. The fraction of sp³-hybridized carbons (Fsp3) is 0.538. The number of sulfone groups is 1. The third-order valence-corrected chi connectivity index (χ3v) is 5.07. The van der Waals surface area contributed by atoms with Crippen LogP contribution in [0.15, 0.2) is 18.2 Å². The molecule has 0 aliphatic rings. The zero-order valence-electron chi connectivity index (χ0n) is 10.9. The van der Waals surface area contributed by atoms with Gasteiger partial charge >= 0.3 is 0 Å². The van der Waals surface area contributed by atoms with Crippen molar-refractivity contribution in [2.24, 2.45) is 0 Å². The predicted octanol–water partition coefficient (Wildman–Crippen LogP) is 2.51. The molecular formula is C13H20O3S.